The van der Waals surface area contributed by atoms with E-state index in [0.29, 0.717) is 10.8 Å². The van der Waals surface area contributed by atoms with Crippen LogP contribution in [0.25, 0.3) is 11.2 Å². The lowest BCUT2D eigenvalue weighted by atomic mass is 10.1. The van der Waals surface area contributed by atoms with Crippen molar-refractivity contribution in [3.05, 3.63) is 85.8 Å². The van der Waals surface area contributed by atoms with Crippen LogP contribution in [-0.2, 0) is 25.4 Å². The first-order chi connectivity index (χ1) is 16.1. The van der Waals surface area contributed by atoms with E-state index in [0.717, 1.165) is 33.0 Å². The smallest absolute Gasteiger partial charge is 0.325 e. The van der Waals surface area contributed by atoms with Crippen LogP contribution in [0.2, 0.25) is 0 Å². The van der Waals surface area contributed by atoms with Gasteiger partial charge in [-0.3, -0.25) is 18.7 Å². The summed E-state index contributed by atoms with van der Waals surface area (Å²) in [4.78, 5) is 42.5. The summed E-state index contributed by atoms with van der Waals surface area (Å²) in [7, 11) is 2.95. The van der Waals surface area contributed by atoms with Crippen molar-refractivity contribution in [1.82, 2.24) is 18.7 Å². The number of carbonyl (C=O) groups is 1. The van der Waals surface area contributed by atoms with Gasteiger partial charge in [-0.1, -0.05) is 30.0 Å². The molecule has 8 nitrogen and oxygen atoms in total. The maximum Gasteiger partial charge on any atom is 0.332 e. The van der Waals surface area contributed by atoms with Crippen molar-refractivity contribution in [2.24, 2.45) is 14.1 Å². The highest BCUT2D eigenvalue weighted by Gasteiger charge is 2.20. The number of anilines is 1. The van der Waals surface area contributed by atoms with Crippen LogP contribution in [0.3, 0.4) is 0 Å². The number of aryl methyl sites for hydroxylation is 3. The molecule has 10 heteroatoms. The van der Waals surface area contributed by atoms with Gasteiger partial charge < -0.3 is 9.88 Å². The highest BCUT2D eigenvalue weighted by Crippen LogP contribution is 2.24. The van der Waals surface area contributed by atoms with Crippen molar-refractivity contribution in [2.45, 2.75) is 25.5 Å². The standard InChI is InChI=1S/C24H24FN5O3S/c1-14-9-15(2)11-18(10-14)26-19(31)13-34-23-27-21-20(22(32)29(4)24(33)28(21)3)30(23)12-16-5-7-17(25)8-6-16/h5-11H,12-13H2,1-4H3,(H,26,31). The molecular weight excluding hydrogens is 457 g/mol. The fraction of sp³-hybridized carbons (Fsp3) is 0.250. The number of rotatable bonds is 6. The molecule has 1 amide bonds. The Morgan fingerprint density at radius 2 is 1.68 bits per heavy atom. The van der Waals surface area contributed by atoms with Crippen molar-refractivity contribution in [3.63, 3.8) is 0 Å². The van der Waals surface area contributed by atoms with Gasteiger partial charge in [0, 0.05) is 19.8 Å². The minimum absolute atomic E-state index is 0.0496. The predicted octanol–water partition coefficient (Wildman–Crippen LogP) is 2.97. The molecule has 0 fully saturated rings. The maximum atomic E-state index is 13.4. The molecule has 0 unspecified atom stereocenters. The van der Waals surface area contributed by atoms with Crippen LogP contribution in [0.5, 0.6) is 0 Å². The van der Waals surface area contributed by atoms with Gasteiger partial charge in [0.15, 0.2) is 16.3 Å². The third-order valence-electron chi connectivity index (χ3n) is 5.40. The third kappa shape index (κ3) is 4.67. The van der Waals surface area contributed by atoms with E-state index in [1.165, 1.54) is 23.7 Å². The fourth-order valence-electron chi connectivity index (χ4n) is 3.83. The van der Waals surface area contributed by atoms with Crippen molar-refractivity contribution in [1.29, 1.82) is 0 Å². The monoisotopic (exact) mass is 481 g/mol. The van der Waals surface area contributed by atoms with E-state index in [2.05, 4.69) is 10.3 Å². The zero-order chi connectivity index (χ0) is 24.6. The third-order valence-corrected chi connectivity index (χ3v) is 6.38. The minimum Gasteiger partial charge on any atom is -0.325 e. The summed E-state index contributed by atoms with van der Waals surface area (Å²) >= 11 is 1.16. The highest BCUT2D eigenvalue weighted by molar-refractivity contribution is 7.99. The molecule has 4 aromatic rings. The van der Waals surface area contributed by atoms with E-state index in [9.17, 15) is 18.8 Å². The molecule has 2 aromatic carbocycles. The zero-order valence-electron chi connectivity index (χ0n) is 19.3. The average molecular weight is 482 g/mol. The van der Waals surface area contributed by atoms with Crippen LogP contribution >= 0.6 is 11.8 Å². The second kappa shape index (κ2) is 9.30. The SMILES string of the molecule is Cc1cc(C)cc(NC(=O)CSc2nc3c(c(=O)n(C)c(=O)n3C)n2Cc2ccc(F)cc2)c1. The summed E-state index contributed by atoms with van der Waals surface area (Å²) in [5, 5.41) is 3.29. The number of nitrogens with one attached hydrogen (secondary N) is 1. The number of thioether (sulfide) groups is 1. The lowest BCUT2D eigenvalue weighted by Gasteiger charge is -2.10. The number of hydrogen-bond acceptors (Lipinski definition) is 5. The Hall–Kier alpha value is -3.66. The topological polar surface area (TPSA) is 90.9 Å². The number of hydrogen-bond donors (Lipinski definition) is 1. The van der Waals surface area contributed by atoms with Crippen molar-refractivity contribution in [3.8, 4) is 0 Å². The second-order valence-corrected chi connectivity index (χ2v) is 9.14. The number of imidazole rings is 1. The lowest BCUT2D eigenvalue weighted by Crippen LogP contribution is -2.37. The van der Waals surface area contributed by atoms with Gasteiger partial charge in [0.1, 0.15) is 5.82 Å². The molecule has 0 bridgehead atoms. The Morgan fingerprint density at radius 3 is 2.32 bits per heavy atom. The van der Waals surface area contributed by atoms with Crippen molar-refractivity contribution >= 4 is 34.5 Å². The Bertz CT molecular complexity index is 1500. The molecular formula is C24H24FN5O3S. The fourth-order valence-corrected chi connectivity index (χ4v) is 4.62. The summed E-state index contributed by atoms with van der Waals surface area (Å²) in [5.74, 6) is -0.541. The van der Waals surface area contributed by atoms with Gasteiger partial charge in [0.2, 0.25) is 5.91 Å². The molecule has 0 aliphatic heterocycles. The molecule has 0 spiro atoms. The first-order valence-corrected chi connectivity index (χ1v) is 11.5. The molecule has 2 heterocycles. The Labute approximate surface area is 199 Å². The summed E-state index contributed by atoms with van der Waals surface area (Å²) in [6.07, 6.45) is 0. The van der Waals surface area contributed by atoms with E-state index in [1.807, 2.05) is 32.0 Å². The van der Waals surface area contributed by atoms with E-state index in [4.69, 9.17) is 0 Å². The predicted molar refractivity (Wildman–Crippen MR) is 131 cm³/mol. The van der Waals surface area contributed by atoms with Crippen LogP contribution < -0.4 is 16.6 Å². The van der Waals surface area contributed by atoms with Crippen LogP contribution in [0.15, 0.2) is 57.2 Å². The molecule has 4 rings (SSSR count). The van der Waals surface area contributed by atoms with Crippen molar-refractivity contribution < 1.29 is 9.18 Å². The minimum atomic E-state index is -0.493. The average Bonchev–Trinajstić information content (AvgIpc) is 3.14. The van der Waals surface area contributed by atoms with Gasteiger partial charge in [-0.25, -0.2) is 14.2 Å². The molecule has 0 aliphatic carbocycles. The van der Waals surface area contributed by atoms with Gasteiger partial charge >= 0.3 is 5.69 Å². The normalized spacial score (nSPS) is 11.2. The van der Waals surface area contributed by atoms with Gasteiger partial charge in [-0.2, -0.15) is 0 Å². The number of amides is 1. The molecule has 0 saturated heterocycles. The number of fused-ring (bicyclic) bond motifs is 1. The maximum absolute atomic E-state index is 13.4. The van der Waals surface area contributed by atoms with Crippen molar-refractivity contribution in [2.75, 3.05) is 11.1 Å². The molecule has 34 heavy (non-hydrogen) atoms. The zero-order valence-corrected chi connectivity index (χ0v) is 20.1. The van der Waals surface area contributed by atoms with E-state index in [1.54, 1.807) is 23.7 Å². The summed E-state index contributed by atoms with van der Waals surface area (Å²) in [6, 6.07) is 11.7. The molecule has 176 valence electrons. The summed E-state index contributed by atoms with van der Waals surface area (Å²) < 4.78 is 17.4. The highest BCUT2D eigenvalue weighted by atomic mass is 32.2. The number of benzene rings is 2. The first kappa shape index (κ1) is 23.5. The number of aromatic nitrogens is 4. The van der Waals surface area contributed by atoms with E-state index >= 15 is 0 Å². The van der Waals surface area contributed by atoms with E-state index in [-0.39, 0.29) is 35.2 Å². The Kier molecular flexibility index (Phi) is 6.43. The summed E-state index contributed by atoms with van der Waals surface area (Å²) in [5.41, 5.74) is 3.03. The van der Waals surface area contributed by atoms with Crippen LogP contribution in [0, 0.1) is 19.7 Å². The summed E-state index contributed by atoms with van der Waals surface area (Å²) in [6.45, 7) is 4.14. The second-order valence-electron chi connectivity index (χ2n) is 8.20. The lowest BCUT2D eigenvalue weighted by molar-refractivity contribution is -0.113. The Balaban J connectivity index is 1.69. The molecule has 1 N–H and O–H groups in total. The van der Waals surface area contributed by atoms with Gasteiger partial charge in [-0.15, -0.1) is 0 Å². The van der Waals surface area contributed by atoms with Crippen LogP contribution in [0.4, 0.5) is 10.1 Å². The van der Waals surface area contributed by atoms with Crippen LogP contribution in [-0.4, -0.2) is 30.3 Å². The van der Waals surface area contributed by atoms with Gasteiger partial charge in [0.25, 0.3) is 5.56 Å². The first-order valence-electron chi connectivity index (χ1n) is 10.6. The number of halogens is 1. The molecule has 2 aromatic heterocycles. The largest absolute Gasteiger partial charge is 0.332 e. The number of carbonyl (C=O) groups excluding carboxylic acids is 1. The number of nitrogens with zero attached hydrogens (tertiary/aromatic N) is 4. The Morgan fingerprint density at radius 1 is 1.03 bits per heavy atom. The van der Waals surface area contributed by atoms with E-state index < -0.39 is 11.2 Å². The van der Waals surface area contributed by atoms with Crippen LogP contribution in [0.1, 0.15) is 16.7 Å². The molecule has 0 saturated carbocycles. The quantitative estimate of drug-likeness (QED) is 0.428. The van der Waals surface area contributed by atoms with Gasteiger partial charge in [-0.05, 0) is 54.8 Å². The molecule has 0 atom stereocenters. The van der Waals surface area contributed by atoms with Gasteiger partial charge in [0.05, 0.1) is 12.3 Å². The molecule has 0 aliphatic rings. The molecule has 0 radical (unpaired) electrons.